The summed E-state index contributed by atoms with van der Waals surface area (Å²) in [5, 5.41) is 15.0. The Kier molecular flexibility index (Phi) is 8.08. The van der Waals surface area contributed by atoms with Crippen LogP contribution in [0.2, 0.25) is 0 Å². The maximum Gasteiger partial charge on any atom is 0.188 e. The van der Waals surface area contributed by atoms with Crippen LogP contribution in [0, 0.1) is 0 Å². The maximum atomic E-state index is 6.82. The molecule has 1 spiro atoms. The fourth-order valence-corrected chi connectivity index (χ4v) is 20.7. The molecule has 2 aliphatic heterocycles. The second-order valence-corrected chi connectivity index (χ2v) is 22.4. The van der Waals surface area contributed by atoms with E-state index in [-0.39, 0.29) is 0 Å². The number of hydrogen-bond acceptors (Lipinski definition) is 2. The molecule has 1 unspecified atom stereocenters. The standard InChI is InChI=1S/C56H39NOSi2/c1-3-15-39(16-4-1)40-29-31-43(32-30-40)57(44-33-35-48-42(37-44)28-27-41-17-7-8-20-47(41)48)45-34-36-52-56(38-45)60(53-24-12-9-21-49(53)58-50-22-10-13-25-54(50)60)55-26-14-11-23-51(55)59(52)46-18-5-2-6-19-46/h1-38,59H. The summed E-state index contributed by atoms with van der Waals surface area (Å²) in [6, 6.07) is 85.8. The first-order chi connectivity index (χ1) is 29.8. The van der Waals surface area contributed by atoms with Gasteiger partial charge in [0.25, 0.3) is 0 Å². The van der Waals surface area contributed by atoms with Gasteiger partial charge in [-0.15, -0.1) is 0 Å². The van der Waals surface area contributed by atoms with E-state index in [9.17, 15) is 0 Å². The number of anilines is 3. The van der Waals surface area contributed by atoms with Gasteiger partial charge in [-0.05, 0) is 102 Å². The Labute approximate surface area is 352 Å². The Hall–Kier alpha value is -7.25. The van der Waals surface area contributed by atoms with E-state index in [4.69, 9.17) is 4.74 Å². The van der Waals surface area contributed by atoms with Gasteiger partial charge in [0.05, 0.1) is 0 Å². The number of hydrogen-bond donors (Lipinski definition) is 0. The Bertz CT molecular complexity index is 3210. The fourth-order valence-electron chi connectivity index (χ4n) is 10.3. The van der Waals surface area contributed by atoms with Crippen molar-refractivity contribution in [2.45, 2.75) is 0 Å². The van der Waals surface area contributed by atoms with Crippen molar-refractivity contribution in [1.82, 2.24) is 0 Å². The second kappa shape index (κ2) is 14.0. The van der Waals surface area contributed by atoms with E-state index in [1.807, 2.05) is 0 Å². The van der Waals surface area contributed by atoms with Crippen LogP contribution in [0.15, 0.2) is 231 Å². The van der Waals surface area contributed by atoms with Gasteiger partial charge in [-0.25, -0.2) is 0 Å². The monoisotopic (exact) mass is 797 g/mol. The molecule has 4 heteroatoms. The molecule has 0 saturated carbocycles. The van der Waals surface area contributed by atoms with Crippen LogP contribution in [0.25, 0.3) is 32.7 Å². The van der Waals surface area contributed by atoms with Crippen molar-refractivity contribution in [3.8, 4) is 22.6 Å². The van der Waals surface area contributed by atoms with E-state index < -0.39 is 16.9 Å². The minimum absolute atomic E-state index is 0.962. The van der Waals surface area contributed by atoms with Crippen molar-refractivity contribution >= 4 is 91.8 Å². The summed E-state index contributed by atoms with van der Waals surface area (Å²) in [4.78, 5) is 2.47. The van der Waals surface area contributed by atoms with Crippen molar-refractivity contribution in [3.05, 3.63) is 231 Å². The van der Waals surface area contributed by atoms with Crippen LogP contribution in [0.1, 0.15) is 0 Å². The first-order valence-corrected chi connectivity index (χ1v) is 24.5. The Morgan fingerprint density at radius 3 is 1.65 bits per heavy atom. The molecule has 1 atom stereocenters. The molecule has 0 saturated heterocycles. The summed E-state index contributed by atoms with van der Waals surface area (Å²) in [6.07, 6.45) is 0. The number of ether oxygens (including phenoxy) is 1. The highest BCUT2D eigenvalue weighted by molar-refractivity contribution is 7.27. The van der Waals surface area contributed by atoms with Crippen LogP contribution in [0.5, 0.6) is 11.5 Å². The highest BCUT2D eigenvalue weighted by Gasteiger charge is 2.53. The van der Waals surface area contributed by atoms with Gasteiger partial charge in [-0.3, -0.25) is 0 Å². The van der Waals surface area contributed by atoms with Crippen molar-refractivity contribution in [2.75, 3.05) is 4.90 Å². The van der Waals surface area contributed by atoms with E-state index in [1.165, 1.54) is 69.0 Å². The summed E-state index contributed by atoms with van der Waals surface area (Å²) >= 11 is 0. The largest absolute Gasteiger partial charge is 0.458 e. The van der Waals surface area contributed by atoms with E-state index in [1.54, 1.807) is 0 Å². The van der Waals surface area contributed by atoms with Gasteiger partial charge in [-0.1, -0.05) is 198 Å². The van der Waals surface area contributed by atoms with Gasteiger partial charge in [0.2, 0.25) is 0 Å². The van der Waals surface area contributed by atoms with Crippen LogP contribution in [0.3, 0.4) is 0 Å². The van der Waals surface area contributed by atoms with Gasteiger partial charge in [-0.2, -0.15) is 0 Å². The van der Waals surface area contributed by atoms with Crippen LogP contribution >= 0.6 is 0 Å². The van der Waals surface area contributed by atoms with E-state index in [0.717, 1.165) is 28.6 Å². The summed E-state index contributed by atoms with van der Waals surface area (Å²) in [5.74, 6) is 1.92. The lowest BCUT2D eigenvalue weighted by atomic mass is 10.0. The molecule has 2 heterocycles. The summed E-state index contributed by atoms with van der Waals surface area (Å²) < 4.78 is 6.82. The predicted octanol–water partition coefficient (Wildman–Crippen LogP) is 9.17. The minimum Gasteiger partial charge on any atom is -0.458 e. The number of fused-ring (bicyclic) bond motifs is 11. The van der Waals surface area contributed by atoms with Crippen molar-refractivity contribution in [1.29, 1.82) is 0 Å². The SMILES string of the molecule is c1ccc(-c2ccc(N(c3ccc4c(c3)[Si]3(c5ccccc5Oc5ccccc53)c3ccccc3[SiH]4c3ccccc3)c3ccc4c(ccc5ccccc54)c3)cc2)cc1. The van der Waals surface area contributed by atoms with Gasteiger partial charge >= 0.3 is 0 Å². The number of nitrogens with zero attached hydrogens (tertiary/aromatic N) is 1. The van der Waals surface area contributed by atoms with E-state index in [2.05, 4.69) is 235 Å². The van der Waals surface area contributed by atoms with Crippen molar-refractivity contribution in [2.24, 2.45) is 0 Å². The molecular weight excluding hydrogens is 759 g/mol. The lowest BCUT2D eigenvalue weighted by Gasteiger charge is -2.46. The highest BCUT2D eigenvalue weighted by Crippen LogP contribution is 2.39. The molecule has 2 aliphatic rings. The smallest absolute Gasteiger partial charge is 0.188 e. The third-order valence-electron chi connectivity index (χ3n) is 12.8. The average molecular weight is 798 g/mol. The molecule has 0 fully saturated rings. The number of benzene rings is 10. The summed E-state index contributed by atoms with van der Waals surface area (Å²) in [6.45, 7) is 0. The quantitative estimate of drug-likeness (QED) is 0.127. The summed E-state index contributed by atoms with van der Waals surface area (Å²) in [7, 11) is -4.88. The zero-order valence-electron chi connectivity index (χ0n) is 32.9. The molecule has 0 N–H and O–H groups in total. The molecule has 12 rings (SSSR count). The molecule has 0 amide bonds. The number of para-hydroxylation sites is 2. The lowest BCUT2D eigenvalue weighted by molar-refractivity contribution is 0.487. The van der Waals surface area contributed by atoms with E-state index in [0.29, 0.717) is 0 Å². The molecule has 10 aromatic carbocycles. The topological polar surface area (TPSA) is 12.5 Å². The molecule has 0 aromatic heterocycles. The molecule has 2 nitrogen and oxygen atoms in total. The maximum absolute atomic E-state index is 6.82. The lowest BCUT2D eigenvalue weighted by Crippen LogP contribution is -2.87. The van der Waals surface area contributed by atoms with Gasteiger partial charge in [0, 0.05) is 17.1 Å². The molecule has 10 aromatic rings. The third-order valence-corrected chi connectivity index (χ3v) is 21.7. The van der Waals surface area contributed by atoms with Crippen LogP contribution in [-0.4, -0.2) is 16.9 Å². The highest BCUT2D eigenvalue weighted by atomic mass is 28.3. The Morgan fingerprint density at radius 1 is 0.350 bits per heavy atom. The second-order valence-electron chi connectivity index (χ2n) is 16.0. The number of rotatable bonds is 5. The fraction of sp³-hybridized carbons (Fsp3) is 0. The first-order valence-electron chi connectivity index (χ1n) is 20.8. The van der Waals surface area contributed by atoms with E-state index >= 15 is 0 Å². The summed E-state index contributed by atoms with van der Waals surface area (Å²) in [5.41, 5.74) is 5.80. The molecule has 0 bridgehead atoms. The Balaban J connectivity index is 1.15. The van der Waals surface area contributed by atoms with Crippen LogP contribution in [-0.2, 0) is 0 Å². The van der Waals surface area contributed by atoms with Gasteiger partial charge in [0.15, 0.2) is 8.07 Å². The third kappa shape index (κ3) is 5.31. The molecule has 0 radical (unpaired) electrons. The molecule has 0 aliphatic carbocycles. The predicted molar refractivity (Wildman–Crippen MR) is 258 cm³/mol. The zero-order valence-corrected chi connectivity index (χ0v) is 35.0. The van der Waals surface area contributed by atoms with Crippen molar-refractivity contribution < 1.29 is 4.74 Å². The van der Waals surface area contributed by atoms with Gasteiger partial charge < -0.3 is 9.64 Å². The van der Waals surface area contributed by atoms with Gasteiger partial charge in [0.1, 0.15) is 20.3 Å². The van der Waals surface area contributed by atoms with Crippen molar-refractivity contribution in [3.63, 3.8) is 0 Å². The minimum atomic E-state index is -2.95. The zero-order chi connectivity index (χ0) is 39.6. The Morgan fingerprint density at radius 2 is 0.883 bits per heavy atom. The molecular formula is C56H39NOSi2. The van der Waals surface area contributed by atoms with Crippen LogP contribution in [0.4, 0.5) is 17.1 Å². The average Bonchev–Trinajstić information content (AvgIpc) is 3.32. The van der Waals surface area contributed by atoms with Crippen LogP contribution < -0.4 is 45.9 Å². The normalized spacial score (nSPS) is 14.4. The first kappa shape index (κ1) is 34.8. The molecule has 60 heavy (non-hydrogen) atoms. The molecule has 282 valence electrons.